The molecule has 0 saturated heterocycles. The first-order chi connectivity index (χ1) is 32.2. The highest BCUT2D eigenvalue weighted by Crippen LogP contribution is 2.29. The first-order valence-corrected chi connectivity index (χ1v) is 22.6. The van der Waals surface area contributed by atoms with Gasteiger partial charge >= 0.3 is 5.97 Å². The second-order valence-electron chi connectivity index (χ2n) is 15.3. The number of aromatic nitrogens is 4. The molecule has 0 spiro atoms. The summed E-state index contributed by atoms with van der Waals surface area (Å²) in [7, 11) is 0. The van der Waals surface area contributed by atoms with Crippen molar-refractivity contribution in [1.29, 1.82) is 0 Å². The summed E-state index contributed by atoms with van der Waals surface area (Å²) >= 11 is 2.86. The highest BCUT2D eigenvalue weighted by Gasteiger charge is 2.28. The van der Waals surface area contributed by atoms with Crippen LogP contribution in [0.3, 0.4) is 0 Å². The van der Waals surface area contributed by atoms with Gasteiger partial charge in [-0.05, 0) is 62.1 Å². The van der Waals surface area contributed by atoms with Crippen molar-refractivity contribution in [2.24, 2.45) is 17.2 Å². The molecule has 4 aromatic heterocycles. The van der Waals surface area contributed by atoms with Crippen LogP contribution in [0.25, 0.3) is 32.5 Å². The Kier molecular flexibility index (Phi) is 18.4. The Morgan fingerprint density at radius 1 is 0.603 bits per heavy atom. The van der Waals surface area contributed by atoms with Gasteiger partial charge in [-0.25, -0.2) is 14.2 Å². The summed E-state index contributed by atoms with van der Waals surface area (Å²) in [5, 5.41) is 42.0. The molecule has 68 heavy (non-hydrogen) atoms. The maximum atomic E-state index is 13.2. The number of aromatic carboxylic acids is 1. The van der Waals surface area contributed by atoms with Crippen LogP contribution in [0.1, 0.15) is 49.0 Å². The lowest BCUT2D eigenvalue weighted by atomic mass is 10.0. The van der Waals surface area contributed by atoms with Gasteiger partial charge < -0.3 is 37.8 Å². The normalized spacial score (nSPS) is 12.4. The van der Waals surface area contributed by atoms with Gasteiger partial charge in [0.25, 0.3) is 5.91 Å². The van der Waals surface area contributed by atoms with E-state index in [-0.39, 0.29) is 19.4 Å². The van der Waals surface area contributed by atoms with Crippen molar-refractivity contribution < 1.29 is 34.5 Å². The molecule has 3 amide bonds. The standard InChI is InChI=1S/C25H24N4O3S.C15H12N2O2S.C10H14N2O2.CH4/c1-16-14-19(25(33-16)29-13-12-20(28-29)18-10-6-3-7-11-18)24(32)27-21(22(30)23(26)31)15-17-8-4-2-5-9-17;1-10-9-12(15(18)19)14(20-10)17-8-7-13(16-17)11-5-3-2-4-6-11;11-8(9(13)10(12)14)6-7-4-2-1-3-5-7;/h2-14,21-22,30H,15H2,1H3,(H2,26,31)(H,27,32);2-9H,1H3,(H,18,19);1-5,8-9,13H,6,11H2,(H2,12,14);1H4. The molecule has 4 heterocycles. The van der Waals surface area contributed by atoms with Crippen LogP contribution >= 0.6 is 22.7 Å². The molecular weight excluding hydrogens is 901 g/mol. The van der Waals surface area contributed by atoms with Crippen molar-refractivity contribution in [2.45, 2.75) is 58.4 Å². The van der Waals surface area contributed by atoms with Gasteiger partial charge in [-0.1, -0.05) is 129 Å². The van der Waals surface area contributed by atoms with Gasteiger partial charge in [-0.15, -0.1) is 22.7 Å². The van der Waals surface area contributed by atoms with E-state index in [2.05, 4.69) is 15.5 Å². The number of carbonyl (C=O) groups is 4. The number of aliphatic hydroxyl groups is 2. The summed E-state index contributed by atoms with van der Waals surface area (Å²) in [6, 6.07) is 44.0. The Labute approximate surface area is 402 Å². The van der Waals surface area contributed by atoms with E-state index < -0.39 is 48.0 Å². The Bertz CT molecular complexity index is 2880. The highest BCUT2D eigenvalue weighted by atomic mass is 32.1. The zero-order chi connectivity index (χ0) is 48.0. The molecule has 17 heteroatoms. The van der Waals surface area contributed by atoms with Gasteiger partial charge in [-0.2, -0.15) is 10.2 Å². The Morgan fingerprint density at radius 2 is 1.00 bits per heavy atom. The number of thiophene rings is 2. The molecule has 8 aromatic rings. The molecule has 4 unspecified atom stereocenters. The number of nitrogens with two attached hydrogens (primary N) is 3. The molecule has 0 aliphatic carbocycles. The van der Waals surface area contributed by atoms with Crippen LogP contribution in [0, 0.1) is 13.8 Å². The molecular formula is C51H54N8O7S2. The monoisotopic (exact) mass is 954 g/mol. The average molecular weight is 955 g/mol. The van der Waals surface area contributed by atoms with Crippen molar-refractivity contribution in [3.05, 3.63) is 190 Å². The van der Waals surface area contributed by atoms with Gasteiger partial charge in [0.2, 0.25) is 11.8 Å². The third-order valence-electron chi connectivity index (χ3n) is 10.2. The number of hydrogen-bond donors (Lipinski definition) is 7. The van der Waals surface area contributed by atoms with Crippen LogP contribution in [0.4, 0.5) is 0 Å². The van der Waals surface area contributed by atoms with Crippen molar-refractivity contribution in [1.82, 2.24) is 24.9 Å². The predicted molar refractivity (Wildman–Crippen MR) is 267 cm³/mol. The second kappa shape index (κ2) is 24.3. The fourth-order valence-corrected chi connectivity index (χ4v) is 8.69. The van der Waals surface area contributed by atoms with Crippen LogP contribution in [0.2, 0.25) is 0 Å². The number of nitrogens with zero attached hydrogens (tertiary/aromatic N) is 4. The Balaban J connectivity index is 0.000000210. The summed E-state index contributed by atoms with van der Waals surface area (Å²) in [5.41, 5.74) is 22.0. The number of benzene rings is 4. The van der Waals surface area contributed by atoms with E-state index in [0.29, 0.717) is 22.0 Å². The maximum Gasteiger partial charge on any atom is 0.338 e. The van der Waals surface area contributed by atoms with Crippen molar-refractivity contribution >= 4 is 46.4 Å². The minimum absolute atomic E-state index is 0. The van der Waals surface area contributed by atoms with E-state index in [0.717, 1.165) is 43.4 Å². The molecule has 0 saturated carbocycles. The molecule has 0 bridgehead atoms. The number of nitrogens with one attached hydrogen (secondary N) is 1. The molecule has 0 radical (unpaired) electrons. The second-order valence-corrected chi connectivity index (χ2v) is 17.8. The SMILES string of the molecule is C.Cc1cc(C(=O)NC(Cc2ccccc2)C(O)C(N)=O)c(-n2ccc(-c3ccccc3)n2)s1.Cc1cc(C(=O)O)c(-n2ccc(-c3ccccc3)n2)s1.NC(=O)C(O)C(N)Cc1ccccc1. The number of hydrogen-bond acceptors (Lipinski definition) is 11. The first-order valence-electron chi connectivity index (χ1n) is 20.9. The number of aliphatic hydroxyl groups excluding tert-OH is 2. The highest BCUT2D eigenvalue weighted by molar-refractivity contribution is 7.15. The molecule has 0 aliphatic heterocycles. The van der Waals surface area contributed by atoms with Crippen LogP contribution in [0.5, 0.6) is 0 Å². The number of primary amides is 2. The Morgan fingerprint density at radius 3 is 1.43 bits per heavy atom. The quantitative estimate of drug-likeness (QED) is 0.0569. The number of rotatable bonds is 15. The molecule has 0 aliphatic rings. The van der Waals surface area contributed by atoms with Gasteiger partial charge in [0, 0.05) is 39.3 Å². The van der Waals surface area contributed by atoms with Crippen LogP contribution in [0.15, 0.2) is 158 Å². The van der Waals surface area contributed by atoms with Crippen LogP contribution in [-0.4, -0.2) is 82.9 Å². The van der Waals surface area contributed by atoms with Gasteiger partial charge in [0.1, 0.15) is 16.1 Å². The third kappa shape index (κ3) is 13.8. The molecule has 352 valence electrons. The zero-order valence-electron chi connectivity index (χ0n) is 36.5. The van der Waals surface area contributed by atoms with E-state index in [1.54, 1.807) is 27.7 Å². The predicted octanol–water partition coefficient (Wildman–Crippen LogP) is 6.74. The summed E-state index contributed by atoms with van der Waals surface area (Å²) in [5.74, 6) is -3.01. The topological polar surface area (TPSA) is 255 Å². The molecule has 8 rings (SSSR count). The Hall–Kier alpha value is -7.54. The molecule has 4 aromatic carbocycles. The molecule has 15 nitrogen and oxygen atoms in total. The van der Waals surface area contributed by atoms with E-state index in [1.807, 2.05) is 154 Å². The minimum atomic E-state index is -1.52. The molecule has 4 atom stereocenters. The number of amides is 3. The fourth-order valence-electron chi connectivity index (χ4n) is 6.82. The number of carboxylic acids is 1. The third-order valence-corrected chi connectivity index (χ3v) is 12.3. The zero-order valence-corrected chi connectivity index (χ0v) is 38.2. The van der Waals surface area contributed by atoms with Crippen molar-refractivity contribution in [2.75, 3.05) is 0 Å². The number of carbonyl (C=O) groups excluding carboxylic acids is 3. The van der Waals surface area contributed by atoms with E-state index in [1.165, 1.54) is 22.7 Å². The fraction of sp³-hybridized carbons (Fsp3) is 0.176. The van der Waals surface area contributed by atoms with Gasteiger partial charge in [0.15, 0.2) is 6.10 Å². The number of carboxylic acid groups (broad SMARTS) is 1. The van der Waals surface area contributed by atoms with Crippen molar-refractivity contribution in [3.8, 4) is 32.5 Å². The minimum Gasteiger partial charge on any atom is -0.478 e. The van der Waals surface area contributed by atoms with E-state index in [4.69, 9.17) is 17.2 Å². The van der Waals surface area contributed by atoms with Crippen LogP contribution in [-0.2, 0) is 22.4 Å². The largest absolute Gasteiger partial charge is 0.478 e. The van der Waals surface area contributed by atoms with Crippen molar-refractivity contribution in [3.63, 3.8) is 0 Å². The molecule has 0 fully saturated rings. The van der Waals surface area contributed by atoms with Crippen LogP contribution < -0.4 is 22.5 Å². The summed E-state index contributed by atoms with van der Waals surface area (Å²) in [6.45, 7) is 3.80. The van der Waals surface area contributed by atoms with Gasteiger partial charge in [0.05, 0.1) is 28.6 Å². The summed E-state index contributed by atoms with van der Waals surface area (Å²) < 4.78 is 3.30. The lowest BCUT2D eigenvalue weighted by Crippen LogP contribution is -2.50. The summed E-state index contributed by atoms with van der Waals surface area (Å²) in [6.07, 6.45) is 1.49. The van der Waals surface area contributed by atoms with E-state index >= 15 is 0 Å². The lowest BCUT2D eigenvalue weighted by molar-refractivity contribution is -0.127. The lowest BCUT2D eigenvalue weighted by Gasteiger charge is -2.22. The average Bonchev–Trinajstić information content (AvgIpc) is 4.17. The number of aryl methyl sites for hydroxylation is 2. The van der Waals surface area contributed by atoms with E-state index in [9.17, 15) is 34.5 Å². The smallest absolute Gasteiger partial charge is 0.338 e. The summed E-state index contributed by atoms with van der Waals surface area (Å²) in [4.78, 5) is 48.7. The first kappa shape index (κ1) is 51.4. The van der Waals surface area contributed by atoms with Gasteiger partial charge in [-0.3, -0.25) is 14.4 Å². The maximum absolute atomic E-state index is 13.2. The molecule has 10 N–H and O–H groups in total.